The molecule has 2 rings (SSSR count). The number of amides is 2. The van der Waals surface area contributed by atoms with Crippen LogP contribution in [-0.2, 0) is 16.0 Å². The summed E-state index contributed by atoms with van der Waals surface area (Å²) in [4.78, 5) is 23.5. The van der Waals surface area contributed by atoms with Gasteiger partial charge >= 0.3 is 11.8 Å². The van der Waals surface area contributed by atoms with E-state index in [1.165, 1.54) is 13.2 Å². The van der Waals surface area contributed by atoms with Crippen molar-refractivity contribution >= 4 is 17.5 Å². The van der Waals surface area contributed by atoms with Gasteiger partial charge in [0.25, 0.3) is 0 Å². The highest BCUT2D eigenvalue weighted by Gasteiger charge is 2.13. The van der Waals surface area contributed by atoms with Gasteiger partial charge in [-0.25, -0.2) is 4.39 Å². The standard InChI is InChI=1S/C17H17FN2O3/c1-23-14-8-6-13(7-9-14)20-17(22)16(21)19-11-10-12-4-2-3-5-15(12)18/h2-9H,10-11H2,1H3,(H,19,21)(H,20,22). The molecule has 2 aromatic carbocycles. The summed E-state index contributed by atoms with van der Waals surface area (Å²) < 4.78 is 18.4. The molecule has 2 aromatic rings. The van der Waals surface area contributed by atoms with Crippen LogP contribution in [0, 0.1) is 5.82 Å². The van der Waals surface area contributed by atoms with Crippen molar-refractivity contribution in [3.05, 3.63) is 59.9 Å². The Kier molecular flexibility index (Phi) is 5.68. The minimum absolute atomic E-state index is 0.176. The fourth-order valence-corrected chi connectivity index (χ4v) is 1.95. The first-order chi connectivity index (χ1) is 11.1. The Morgan fingerprint density at radius 1 is 1.04 bits per heavy atom. The summed E-state index contributed by atoms with van der Waals surface area (Å²) in [7, 11) is 1.54. The second-order valence-corrected chi connectivity index (χ2v) is 4.78. The van der Waals surface area contributed by atoms with Crippen LogP contribution >= 0.6 is 0 Å². The van der Waals surface area contributed by atoms with E-state index >= 15 is 0 Å². The molecule has 0 fully saturated rings. The fourth-order valence-electron chi connectivity index (χ4n) is 1.95. The molecule has 2 amide bonds. The number of halogens is 1. The molecule has 0 unspecified atom stereocenters. The summed E-state index contributed by atoms with van der Waals surface area (Å²) in [5.74, 6) is -1.22. The number of carbonyl (C=O) groups is 2. The summed E-state index contributed by atoms with van der Waals surface area (Å²) in [6, 6.07) is 12.9. The van der Waals surface area contributed by atoms with Gasteiger partial charge in [0.05, 0.1) is 7.11 Å². The highest BCUT2D eigenvalue weighted by Crippen LogP contribution is 2.14. The van der Waals surface area contributed by atoms with Gasteiger partial charge in [-0.2, -0.15) is 0 Å². The third-order valence-electron chi connectivity index (χ3n) is 3.19. The first-order valence-electron chi connectivity index (χ1n) is 7.07. The molecule has 23 heavy (non-hydrogen) atoms. The van der Waals surface area contributed by atoms with E-state index < -0.39 is 11.8 Å². The lowest BCUT2D eigenvalue weighted by Crippen LogP contribution is -2.36. The quantitative estimate of drug-likeness (QED) is 0.831. The molecule has 0 saturated carbocycles. The maximum Gasteiger partial charge on any atom is 0.313 e. The van der Waals surface area contributed by atoms with Crippen molar-refractivity contribution in [2.45, 2.75) is 6.42 Å². The molecule has 0 atom stereocenters. The molecule has 0 bridgehead atoms. The van der Waals surface area contributed by atoms with Crippen molar-refractivity contribution < 1.29 is 18.7 Å². The number of methoxy groups -OCH3 is 1. The number of carbonyl (C=O) groups excluding carboxylic acids is 2. The predicted octanol–water partition coefficient (Wildman–Crippen LogP) is 2.13. The van der Waals surface area contributed by atoms with Gasteiger partial charge in [0.2, 0.25) is 0 Å². The zero-order chi connectivity index (χ0) is 16.7. The van der Waals surface area contributed by atoms with E-state index in [1.54, 1.807) is 42.5 Å². The number of nitrogens with one attached hydrogen (secondary N) is 2. The Labute approximate surface area is 133 Å². The Morgan fingerprint density at radius 3 is 2.39 bits per heavy atom. The van der Waals surface area contributed by atoms with Gasteiger partial charge in [-0.15, -0.1) is 0 Å². The number of benzene rings is 2. The van der Waals surface area contributed by atoms with Crippen LogP contribution in [0.15, 0.2) is 48.5 Å². The van der Waals surface area contributed by atoms with Gasteiger partial charge in [-0.1, -0.05) is 18.2 Å². The van der Waals surface area contributed by atoms with Crippen molar-refractivity contribution in [2.75, 3.05) is 19.0 Å². The summed E-state index contributed by atoms with van der Waals surface area (Å²) >= 11 is 0. The molecule has 0 saturated heterocycles. The van der Waals surface area contributed by atoms with Crippen molar-refractivity contribution in [3.8, 4) is 5.75 Å². The number of anilines is 1. The zero-order valence-electron chi connectivity index (χ0n) is 12.6. The smallest absolute Gasteiger partial charge is 0.313 e. The van der Waals surface area contributed by atoms with Crippen molar-refractivity contribution in [2.24, 2.45) is 0 Å². The molecule has 0 aliphatic rings. The molecule has 0 aromatic heterocycles. The summed E-state index contributed by atoms with van der Waals surface area (Å²) in [6.45, 7) is 0.176. The maximum absolute atomic E-state index is 13.4. The number of rotatable bonds is 5. The highest BCUT2D eigenvalue weighted by molar-refractivity contribution is 6.39. The topological polar surface area (TPSA) is 67.4 Å². The van der Waals surface area contributed by atoms with Crippen molar-refractivity contribution in [1.29, 1.82) is 0 Å². The Morgan fingerprint density at radius 2 is 1.74 bits per heavy atom. The average Bonchev–Trinajstić information content (AvgIpc) is 2.57. The van der Waals surface area contributed by atoms with Crippen LogP contribution in [0.1, 0.15) is 5.56 Å². The van der Waals surface area contributed by atoms with Crippen LogP contribution < -0.4 is 15.4 Å². The third kappa shape index (κ3) is 4.81. The number of hydrogen-bond donors (Lipinski definition) is 2. The van der Waals surface area contributed by atoms with Gasteiger partial charge in [-0.3, -0.25) is 9.59 Å². The Bertz CT molecular complexity index is 686. The molecule has 5 nitrogen and oxygen atoms in total. The molecule has 0 aliphatic heterocycles. The van der Waals surface area contributed by atoms with Crippen molar-refractivity contribution in [1.82, 2.24) is 5.32 Å². The molecule has 0 heterocycles. The van der Waals surface area contributed by atoms with E-state index in [4.69, 9.17) is 4.74 Å². The zero-order valence-corrected chi connectivity index (χ0v) is 12.6. The van der Waals surface area contributed by atoms with E-state index in [0.29, 0.717) is 23.4 Å². The lowest BCUT2D eigenvalue weighted by atomic mass is 10.1. The van der Waals surface area contributed by atoms with Crippen LogP contribution in [0.4, 0.5) is 10.1 Å². The first kappa shape index (κ1) is 16.5. The molecule has 0 radical (unpaired) electrons. The Balaban J connectivity index is 1.80. The minimum atomic E-state index is -0.774. The summed E-state index contributed by atoms with van der Waals surface area (Å²) in [5, 5.41) is 4.93. The van der Waals surface area contributed by atoms with Gasteiger partial charge in [-0.05, 0) is 42.3 Å². The molecule has 0 aliphatic carbocycles. The molecular weight excluding hydrogens is 299 g/mol. The lowest BCUT2D eigenvalue weighted by Gasteiger charge is -2.07. The van der Waals surface area contributed by atoms with Crippen molar-refractivity contribution in [3.63, 3.8) is 0 Å². The summed E-state index contributed by atoms with van der Waals surface area (Å²) in [5.41, 5.74) is 0.975. The maximum atomic E-state index is 13.4. The van der Waals surface area contributed by atoms with Gasteiger partial charge in [0, 0.05) is 12.2 Å². The van der Waals surface area contributed by atoms with Crippen LogP contribution in [0.3, 0.4) is 0 Å². The van der Waals surface area contributed by atoms with E-state index in [9.17, 15) is 14.0 Å². The predicted molar refractivity (Wildman–Crippen MR) is 84.7 cm³/mol. The molecular formula is C17H17FN2O3. The number of hydrogen-bond acceptors (Lipinski definition) is 3. The van der Waals surface area contributed by atoms with Crippen LogP contribution in [0.5, 0.6) is 5.75 Å². The third-order valence-corrected chi connectivity index (χ3v) is 3.19. The van der Waals surface area contributed by atoms with Gasteiger partial charge in [0.1, 0.15) is 11.6 Å². The van der Waals surface area contributed by atoms with Crippen LogP contribution in [0.2, 0.25) is 0 Å². The van der Waals surface area contributed by atoms with E-state index in [-0.39, 0.29) is 12.4 Å². The largest absolute Gasteiger partial charge is 0.497 e. The molecule has 6 heteroatoms. The molecule has 2 N–H and O–H groups in total. The van der Waals surface area contributed by atoms with E-state index in [2.05, 4.69) is 10.6 Å². The van der Waals surface area contributed by atoms with E-state index in [1.807, 2.05) is 0 Å². The normalized spacial score (nSPS) is 10.0. The Hall–Kier alpha value is -2.89. The fraction of sp³-hybridized carbons (Fsp3) is 0.176. The SMILES string of the molecule is COc1ccc(NC(=O)C(=O)NCCc2ccccc2F)cc1. The first-order valence-corrected chi connectivity index (χ1v) is 7.07. The molecule has 120 valence electrons. The van der Waals surface area contributed by atoms with Crippen LogP contribution in [-0.4, -0.2) is 25.5 Å². The van der Waals surface area contributed by atoms with Gasteiger partial charge < -0.3 is 15.4 Å². The highest BCUT2D eigenvalue weighted by atomic mass is 19.1. The summed E-state index contributed by atoms with van der Waals surface area (Å²) in [6.07, 6.45) is 0.314. The second kappa shape index (κ2) is 7.93. The monoisotopic (exact) mass is 316 g/mol. The minimum Gasteiger partial charge on any atom is -0.497 e. The second-order valence-electron chi connectivity index (χ2n) is 4.78. The lowest BCUT2D eigenvalue weighted by molar-refractivity contribution is -0.136. The van der Waals surface area contributed by atoms with Gasteiger partial charge in [0.15, 0.2) is 0 Å². The van der Waals surface area contributed by atoms with E-state index in [0.717, 1.165) is 0 Å². The molecule has 0 spiro atoms. The number of ether oxygens (including phenoxy) is 1. The average molecular weight is 316 g/mol. The van der Waals surface area contributed by atoms with Crippen LogP contribution in [0.25, 0.3) is 0 Å².